The average Bonchev–Trinajstić information content (AvgIpc) is 2.68. The SMILES string of the molecule is Cc1ccc(C(=O)CCC(=O)Nc2ccccc2N2CCOCC2)cc1. The molecule has 3 rings (SSSR count). The number of benzene rings is 2. The molecular weight excluding hydrogens is 328 g/mol. The minimum atomic E-state index is -0.147. The third-order valence-electron chi connectivity index (χ3n) is 4.48. The molecule has 0 radical (unpaired) electrons. The molecule has 136 valence electrons. The zero-order valence-electron chi connectivity index (χ0n) is 15.0. The maximum Gasteiger partial charge on any atom is 0.224 e. The molecule has 0 spiro atoms. The van der Waals surface area contributed by atoms with Gasteiger partial charge in [-0.25, -0.2) is 0 Å². The van der Waals surface area contributed by atoms with Crippen molar-refractivity contribution in [1.82, 2.24) is 0 Å². The lowest BCUT2D eigenvalue weighted by molar-refractivity contribution is -0.116. The van der Waals surface area contributed by atoms with Gasteiger partial charge in [0, 0.05) is 31.5 Å². The van der Waals surface area contributed by atoms with Crippen LogP contribution in [0.3, 0.4) is 0 Å². The topological polar surface area (TPSA) is 58.6 Å². The fourth-order valence-electron chi connectivity index (χ4n) is 2.98. The van der Waals surface area contributed by atoms with Crippen LogP contribution in [0.4, 0.5) is 11.4 Å². The van der Waals surface area contributed by atoms with Crippen molar-refractivity contribution in [2.75, 3.05) is 36.5 Å². The zero-order valence-corrected chi connectivity index (χ0v) is 15.0. The number of aryl methyl sites for hydroxylation is 1. The number of hydrogen-bond donors (Lipinski definition) is 1. The molecular formula is C21H24N2O3. The Balaban J connectivity index is 1.58. The summed E-state index contributed by atoms with van der Waals surface area (Å²) in [6.07, 6.45) is 0.374. The molecule has 0 unspecified atom stereocenters. The third kappa shape index (κ3) is 4.70. The second-order valence-corrected chi connectivity index (χ2v) is 6.45. The van der Waals surface area contributed by atoms with Crippen LogP contribution in [-0.2, 0) is 9.53 Å². The Morgan fingerprint density at radius 2 is 1.69 bits per heavy atom. The summed E-state index contributed by atoms with van der Waals surface area (Å²) < 4.78 is 5.39. The Morgan fingerprint density at radius 1 is 1.00 bits per heavy atom. The van der Waals surface area contributed by atoms with Crippen LogP contribution in [0.2, 0.25) is 0 Å². The molecule has 0 aliphatic carbocycles. The van der Waals surface area contributed by atoms with Crippen LogP contribution in [0.1, 0.15) is 28.8 Å². The van der Waals surface area contributed by atoms with E-state index in [4.69, 9.17) is 4.74 Å². The molecule has 2 aromatic rings. The Kier molecular flexibility index (Phi) is 6.02. The monoisotopic (exact) mass is 352 g/mol. The van der Waals surface area contributed by atoms with Gasteiger partial charge in [-0.3, -0.25) is 9.59 Å². The molecule has 1 amide bonds. The molecule has 26 heavy (non-hydrogen) atoms. The standard InChI is InChI=1S/C21H24N2O3/c1-16-6-8-17(9-7-16)20(24)10-11-21(25)22-18-4-2-3-5-19(18)23-12-14-26-15-13-23/h2-9H,10-15H2,1H3,(H,22,25). The van der Waals surface area contributed by atoms with E-state index in [1.54, 1.807) is 0 Å². The summed E-state index contributed by atoms with van der Waals surface area (Å²) in [5.41, 5.74) is 3.53. The van der Waals surface area contributed by atoms with Gasteiger partial charge in [-0.1, -0.05) is 42.0 Å². The van der Waals surface area contributed by atoms with Gasteiger partial charge >= 0.3 is 0 Å². The average molecular weight is 352 g/mol. The predicted octanol–water partition coefficient (Wildman–Crippen LogP) is 3.43. The second-order valence-electron chi connectivity index (χ2n) is 6.45. The number of amides is 1. The van der Waals surface area contributed by atoms with Gasteiger partial charge in [-0.15, -0.1) is 0 Å². The molecule has 1 saturated heterocycles. The largest absolute Gasteiger partial charge is 0.378 e. The highest BCUT2D eigenvalue weighted by Crippen LogP contribution is 2.26. The van der Waals surface area contributed by atoms with Crippen molar-refractivity contribution in [1.29, 1.82) is 0 Å². The Hall–Kier alpha value is -2.66. The molecule has 1 aliphatic rings. The minimum Gasteiger partial charge on any atom is -0.378 e. The first kappa shape index (κ1) is 18.1. The number of anilines is 2. The van der Waals surface area contributed by atoms with Crippen LogP contribution in [0.15, 0.2) is 48.5 Å². The highest BCUT2D eigenvalue weighted by molar-refractivity contribution is 6.00. The van der Waals surface area contributed by atoms with E-state index in [1.807, 2.05) is 55.5 Å². The van der Waals surface area contributed by atoms with Gasteiger partial charge in [-0.2, -0.15) is 0 Å². The van der Waals surface area contributed by atoms with Gasteiger partial charge < -0.3 is 15.0 Å². The van der Waals surface area contributed by atoms with Crippen molar-refractivity contribution in [2.45, 2.75) is 19.8 Å². The summed E-state index contributed by atoms with van der Waals surface area (Å²) in [6.45, 7) is 4.96. The van der Waals surface area contributed by atoms with E-state index in [9.17, 15) is 9.59 Å². The van der Waals surface area contributed by atoms with E-state index in [-0.39, 0.29) is 24.5 Å². The molecule has 5 heteroatoms. The zero-order chi connectivity index (χ0) is 18.4. The van der Waals surface area contributed by atoms with Crippen molar-refractivity contribution < 1.29 is 14.3 Å². The molecule has 1 fully saturated rings. The summed E-state index contributed by atoms with van der Waals surface area (Å²) in [6, 6.07) is 15.2. The summed E-state index contributed by atoms with van der Waals surface area (Å²) in [5, 5.41) is 2.95. The summed E-state index contributed by atoms with van der Waals surface area (Å²) >= 11 is 0. The number of hydrogen-bond acceptors (Lipinski definition) is 4. The number of ketones is 1. The third-order valence-corrected chi connectivity index (χ3v) is 4.48. The molecule has 0 atom stereocenters. The van der Waals surface area contributed by atoms with Gasteiger partial charge in [-0.05, 0) is 19.1 Å². The number of Topliss-reactive ketones (excluding diaryl/α,β-unsaturated/α-hetero) is 1. The summed E-state index contributed by atoms with van der Waals surface area (Å²) in [4.78, 5) is 26.8. The number of carbonyl (C=O) groups is 2. The van der Waals surface area contributed by atoms with Gasteiger partial charge in [0.2, 0.25) is 5.91 Å². The van der Waals surface area contributed by atoms with Gasteiger partial charge in [0.15, 0.2) is 5.78 Å². The highest BCUT2D eigenvalue weighted by Gasteiger charge is 2.16. The van der Waals surface area contributed by atoms with Crippen LogP contribution in [0.25, 0.3) is 0 Å². The molecule has 1 heterocycles. The maximum atomic E-state index is 12.3. The number of nitrogens with one attached hydrogen (secondary N) is 1. The quantitative estimate of drug-likeness (QED) is 0.809. The first-order valence-electron chi connectivity index (χ1n) is 8.95. The second kappa shape index (κ2) is 8.63. The predicted molar refractivity (Wildman–Crippen MR) is 103 cm³/mol. The summed E-state index contributed by atoms with van der Waals surface area (Å²) in [5.74, 6) is -0.159. The van der Waals surface area contributed by atoms with E-state index >= 15 is 0 Å². The van der Waals surface area contributed by atoms with Crippen molar-refractivity contribution in [2.24, 2.45) is 0 Å². The Bertz CT molecular complexity index is 765. The minimum absolute atomic E-state index is 0.0124. The van der Waals surface area contributed by atoms with E-state index in [1.165, 1.54) is 0 Å². The van der Waals surface area contributed by atoms with Crippen LogP contribution in [0, 0.1) is 6.92 Å². The van der Waals surface area contributed by atoms with E-state index in [0.717, 1.165) is 30.0 Å². The fraction of sp³-hybridized carbons (Fsp3) is 0.333. The Labute approximate surface area is 154 Å². The van der Waals surface area contributed by atoms with Crippen molar-refractivity contribution in [3.8, 4) is 0 Å². The van der Waals surface area contributed by atoms with Gasteiger partial charge in [0.1, 0.15) is 0 Å². The lowest BCUT2D eigenvalue weighted by Gasteiger charge is -2.30. The molecule has 2 aromatic carbocycles. The number of rotatable bonds is 6. The Morgan fingerprint density at radius 3 is 2.42 bits per heavy atom. The maximum absolute atomic E-state index is 12.3. The van der Waals surface area contributed by atoms with Gasteiger partial charge in [0.05, 0.1) is 24.6 Å². The van der Waals surface area contributed by atoms with Crippen LogP contribution in [0.5, 0.6) is 0 Å². The normalized spacial score (nSPS) is 14.1. The highest BCUT2D eigenvalue weighted by atomic mass is 16.5. The molecule has 5 nitrogen and oxygen atoms in total. The molecule has 0 aromatic heterocycles. The molecule has 0 saturated carbocycles. The van der Waals surface area contributed by atoms with Crippen LogP contribution in [-0.4, -0.2) is 38.0 Å². The number of morpholine rings is 1. The number of ether oxygens (including phenoxy) is 1. The van der Waals surface area contributed by atoms with Crippen LogP contribution >= 0.6 is 0 Å². The van der Waals surface area contributed by atoms with Crippen molar-refractivity contribution in [3.63, 3.8) is 0 Å². The van der Waals surface area contributed by atoms with Crippen LogP contribution < -0.4 is 10.2 Å². The van der Waals surface area contributed by atoms with Crippen molar-refractivity contribution >= 4 is 23.1 Å². The van der Waals surface area contributed by atoms with Gasteiger partial charge in [0.25, 0.3) is 0 Å². The van der Waals surface area contributed by atoms with Crippen molar-refractivity contribution in [3.05, 3.63) is 59.7 Å². The lowest BCUT2D eigenvalue weighted by Crippen LogP contribution is -2.36. The first-order valence-corrected chi connectivity index (χ1v) is 8.95. The smallest absolute Gasteiger partial charge is 0.224 e. The molecule has 1 aliphatic heterocycles. The fourth-order valence-corrected chi connectivity index (χ4v) is 2.98. The molecule has 0 bridgehead atoms. The number of carbonyl (C=O) groups excluding carboxylic acids is 2. The molecule has 1 N–H and O–H groups in total. The first-order chi connectivity index (χ1) is 12.6. The number of nitrogens with zero attached hydrogens (tertiary/aromatic N) is 1. The lowest BCUT2D eigenvalue weighted by atomic mass is 10.0. The van der Waals surface area contributed by atoms with E-state index < -0.39 is 0 Å². The summed E-state index contributed by atoms with van der Waals surface area (Å²) in [7, 11) is 0. The number of para-hydroxylation sites is 2. The van der Waals surface area contributed by atoms with E-state index in [0.29, 0.717) is 18.8 Å². The van der Waals surface area contributed by atoms with E-state index in [2.05, 4.69) is 10.2 Å².